The number of aromatic nitrogens is 3. The molecule has 0 radical (unpaired) electrons. The normalized spacial score (nSPS) is 15.0. The molecule has 3 aliphatic rings. The lowest BCUT2D eigenvalue weighted by molar-refractivity contribution is 0.589. The highest BCUT2D eigenvalue weighted by Crippen LogP contribution is 2.58. The lowest BCUT2D eigenvalue weighted by atomic mass is 9.34. The summed E-state index contributed by atoms with van der Waals surface area (Å²) in [4.78, 5) is 0. The first-order chi connectivity index (χ1) is 57.7. The highest BCUT2D eigenvalue weighted by molar-refractivity contribution is 7.00. The second-order valence-corrected chi connectivity index (χ2v) is 28.9. The summed E-state index contributed by atoms with van der Waals surface area (Å²) in [6, 6.07) is 85.4. The van der Waals surface area contributed by atoms with Gasteiger partial charge in [0.15, 0.2) is 0 Å². The second kappa shape index (κ2) is 22.5. The zero-order chi connectivity index (χ0) is 81.6. The van der Waals surface area contributed by atoms with Gasteiger partial charge in [-0.3, -0.25) is 0 Å². The van der Waals surface area contributed by atoms with E-state index in [9.17, 15) is 19.2 Å². The molecule has 490 valence electrons. The average molecular weight is 1350 g/mol. The molecular formula is C101H68BN3. The third-order valence-electron chi connectivity index (χ3n) is 22.5. The molecule has 0 unspecified atom stereocenters. The van der Waals surface area contributed by atoms with Crippen LogP contribution in [-0.4, -0.2) is 20.4 Å². The Balaban J connectivity index is 1.13. The van der Waals surface area contributed by atoms with E-state index in [1.165, 1.54) is 4.57 Å². The van der Waals surface area contributed by atoms with E-state index in [0.717, 1.165) is 71.4 Å². The molecule has 19 aromatic rings. The van der Waals surface area contributed by atoms with Gasteiger partial charge >= 0.3 is 0 Å². The van der Waals surface area contributed by atoms with Crippen LogP contribution in [0.5, 0.6) is 0 Å². The molecule has 0 saturated carbocycles. The van der Waals surface area contributed by atoms with E-state index >= 15 is 0 Å². The lowest BCUT2D eigenvalue weighted by Crippen LogP contribution is -2.60. The summed E-state index contributed by atoms with van der Waals surface area (Å²) in [5.74, 6) is 0. The van der Waals surface area contributed by atoms with E-state index in [-0.39, 0.29) is 79.2 Å². The smallest absolute Gasteiger partial charge is 0.252 e. The van der Waals surface area contributed by atoms with Gasteiger partial charge in [0, 0.05) is 60.3 Å². The van der Waals surface area contributed by atoms with Gasteiger partial charge < -0.3 is 13.7 Å². The molecule has 0 atom stereocenters. The fourth-order valence-corrected chi connectivity index (χ4v) is 18.2. The molecule has 0 bridgehead atoms. The van der Waals surface area contributed by atoms with Crippen LogP contribution in [0.15, 0.2) is 358 Å². The summed E-state index contributed by atoms with van der Waals surface area (Å²) in [7, 11) is 0. The van der Waals surface area contributed by atoms with Crippen molar-refractivity contribution in [1.82, 2.24) is 13.7 Å². The largest absolute Gasteiger partial charge is 0.310 e. The maximum Gasteiger partial charge on any atom is 0.252 e. The van der Waals surface area contributed by atoms with Gasteiger partial charge in [-0.25, -0.2) is 0 Å². The van der Waals surface area contributed by atoms with Crippen molar-refractivity contribution in [2.24, 2.45) is 0 Å². The van der Waals surface area contributed by atoms with Crippen molar-refractivity contribution in [2.75, 3.05) is 0 Å². The van der Waals surface area contributed by atoms with Crippen LogP contribution in [0.2, 0.25) is 0 Å². The SMILES string of the molecule is [2H]c1c2c3c(c([2H])c1C(C)(C)C)-n1c4c(-c5ccccc5)cccc4c4ccccc4c4ccccc4c4c(C5(c6ccccc6)c6ccccc6-c6ccccc65)c([2H])c([2H])c(c41)B3c1c([2H])c([2H])c(-n3c4c([2H])c([2H])c([2H])c([2H])c4c4c([2H])c([2H])c([2H])c([2H])c43)c3c4ccccc4c4ccccc4c4cccc(-c5ccccc5)c4n-2c13. The lowest BCUT2D eigenvalue weighted by Gasteiger charge is -2.40. The number of hydrogen-bond acceptors (Lipinski definition) is 0. The third kappa shape index (κ3) is 8.28. The molecule has 0 amide bonds. The van der Waals surface area contributed by atoms with Crippen LogP contribution in [0.1, 0.15) is 67.8 Å². The Morgan fingerprint density at radius 3 is 1.17 bits per heavy atom. The Kier molecular flexibility index (Phi) is 10.1. The third-order valence-corrected chi connectivity index (χ3v) is 22.5. The van der Waals surface area contributed by atoms with E-state index in [2.05, 4.69) is 112 Å². The molecule has 5 heterocycles. The van der Waals surface area contributed by atoms with Gasteiger partial charge in [0.1, 0.15) is 0 Å². The Morgan fingerprint density at radius 1 is 0.295 bits per heavy atom. The Hall–Kier alpha value is -13.0. The van der Waals surface area contributed by atoms with Crippen molar-refractivity contribution < 1.29 is 19.2 Å². The molecule has 1 aliphatic carbocycles. The van der Waals surface area contributed by atoms with Crippen LogP contribution in [0, 0.1) is 0 Å². The van der Waals surface area contributed by atoms with Gasteiger partial charge in [-0.05, 0) is 145 Å². The number of para-hydroxylation sites is 4. The van der Waals surface area contributed by atoms with Gasteiger partial charge in [0.25, 0.3) is 6.71 Å². The molecule has 0 saturated heterocycles. The number of benzene rings is 16. The zero-order valence-corrected chi connectivity index (χ0v) is 57.4. The topological polar surface area (TPSA) is 14.8 Å². The van der Waals surface area contributed by atoms with E-state index in [4.69, 9.17) is 0 Å². The monoisotopic (exact) mass is 1350 g/mol. The predicted octanol–water partition coefficient (Wildman–Crippen LogP) is 24.0. The minimum absolute atomic E-state index is 0.0159. The van der Waals surface area contributed by atoms with Crippen LogP contribution in [-0.2, 0) is 10.8 Å². The molecule has 22 rings (SSSR count). The van der Waals surface area contributed by atoms with E-state index in [0.29, 0.717) is 76.7 Å². The Morgan fingerprint density at radius 2 is 0.676 bits per heavy atom. The predicted molar refractivity (Wildman–Crippen MR) is 446 cm³/mol. The maximum atomic E-state index is 12.1. The summed E-state index contributed by atoms with van der Waals surface area (Å²) in [6.45, 7) is 4.57. The number of fused-ring (bicyclic) bond motifs is 24. The van der Waals surface area contributed by atoms with Crippen LogP contribution >= 0.6 is 0 Å². The van der Waals surface area contributed by atoms with Crippen molar-refractivity contribution in [3.05, 3.63) is 385 Å². The van der Waals surface area contributed by atoms with Crippen LogP contribution < -0.4 is 16.4 Å². The molecule has 3 nitrogen and oxygen atoms in total. The maximum absolute atomic E-state index is 12.1. The van der Waals surface area contributed by atoms with Crippen molar-refractivity contribution in [2.45, 2.75) is 31.6 Å². The first-order valence-electron chi connectivity index (χ1n) is 42.8. The first kappa shape index (κ1) is 47.2. The molecule has 4 heteroatoms. The summed E-state index contributed by atoms with van der Waals surface area (Å²) in [6.07, 6.45) is 0. The summed E-state index contributed by atoms with van der Waals surface area (Å²) in [5, 5.41) is 7.42. The highest BCUT2D eigenvalue weighted by Gasteiger charge is 2.49. The number of hydrogen-bond donors (Lipinski definition) is 0. The molecule has 16 aromatic carbocycles. The van der Waals surface area contributed by atoms with E-state index in [1.54, 1.807) is 0 Å². The standard InChI is InChI=1S/C101H68BN3/c1-100(2,3)66-61-91-95-92(62-66)105-97-68(64-33-9-5-10-34-64)50-30-52-82(97)74-42-16-14-38-70(74)72-40-18-20-48-80(72)94-90(103-88-55-27-23-45-77(88)78-46-24-28-56-89(78)103)60-59-87(99(94)105)102(95)86-58-57-85(101(65-35-11-6-12-36-65)83-53-25-21-43-75(83)76-44-22-26-54-84(76)101)93-79-47-19-17-39-71(79)69-37-13-15-41-73(69)81-51-29-49-67(63-31-7-4-8-32-63)96(81)104(91)98(86)93/h4-62H,1-3H3/i23D,24D,27D,28D,45D,46D,55D,56D,57D,58D,59D,60D,61D,62D. The molecule has 0 N–H and O–H groups in total. The minimum Gasteiger partial charge on any atom is -0.310 e. The molecule has 3 aromatic heterocycles. The zero-order valence-electron chi connectivity index (χ0n) is 71.4. The number of nitrogens with zero attached hydrogens (tertiary/aromatic N) is 3. The van der Waals surface area contributed by atoms with Crippen molar-refractivity contribution in [3.8, 4) is 50.4 Å². The van der Waals surface area contributed by atoms with Gasteiger partial charge in [-0.15, -0.1) is 0 Å². The Labute approximate surface area is 628 Å². The minimum atomic E-state index is -1.48. The molecule has 0 spiro atoms. The van der Waals surface area contributed by atoms with Crippen molar-refractivity contribution in [3.63, 3.8) is 0 Å². The fraction of sp³-hybridized carbons (Fsp3) is 0.0495. The molecule has 2 aliphatic heterocycles. The van der Waals surface area contributed by atoms with Crippen LogP contribution in [0.3, 0.4) is 0 Å². The fourth-order valence-electron chi connectivity index (χ4n) is 18.2. The highest BCUT2D eigenvalue weighted by atomic mass is 15.0. The summed E-state index contributed by atoms with van der Waals surface area (Å²) >= 11 is 0. The summed E-state index contributed by atoms with van der Waals surface area (Å²) < 4.78 is 155. The Bertz CT molecular complexity index is 7900. The summed E-state index contributed by atoms with van der Waals surface area (Å²) in [5.41, 5.74) is 8.11. The quantitative estimate of drug-likeness (QED) is 0.153. The first-order valence-corrected chi connectivity index (χ1v) is 35.8. The van der Waals surface area contributed by atoms with Crippen LogP contribution in [0.4, 0.5) is 0 Å². The van der Waals surface area contributed by atoms with Crippen molar-refractivity contribution >= 4 is 132 Å². The van der Waals surface area contributed by atoms with Crippen molar-refractivity contribution in [1.29, 1.82) is 0 Å². The number of rotatable bonds is 5. The van der Waals surface area contributed by atoms with Crippen LogP contribution in [0.25, 0.3) is 159 Å². The molecule has 0 fully saturated rings. The van der Waals surface area contributed by atoms with Gasteiger partial charge in [-0.2, -0.15) is 0 Å². The van der Waals surface area contributed by atoms with Gasteiger partial charge in [0.2, 0.25) is 0 Å². The van der Waals surface area contributed by atoms with E-state index < -0.39 is 78.0 Å². The van der Waals surface area contributed by atoms with Gasteiger partial charge in [-0.1, -0.05) is 348 Å². The molecular weight excluding hydrogens is 1270 g/mol. The molecule has 105 heavy (non-hydrogen) atoms. The van der Waals surface area contributed by atoms with E-state index in [1.807, 2.05) is 191 Å². The average Bonchev–Trinajstić information content (AvgIpc) is 1.65. The van der Waals surface area contributed by atoms with Gasteiger partial charge in [0.05, 0.1) is 57.9 Å². The second-order valence-electron chi connectivity index (χ2n) is 28.9.